The van der Waals surface area contributed by atoms with Gasteiger partial charge in [-0.25, -0.2) is 8.42 Å². The smallest absolute Gasteiger partial charge is 0.244 e. The van der Waals surface area contributed by atoms with Gasteiger partial charge in [0.15, 0.2) is 0 Å². The minimum atomic E-state index is -3.83. The summed E-state index contributed by atoms with van der Waals surface area (Å²) in [6.45, 7) is 2.10. The third kappa shape index (κ3) is 8.08. The number of carbonyl (C=O) groups is 2. The molecule has 0 aromatic heterocycles. The van der Waals surface area contributed by atoms with Gasteiger partial charge in [0, 0.05) is 25.6 Å². The second kappa shape index (κ2) is 13.6. The van der Waals surface area contributed by atoms with E-state index in [4.69, 9.17) is 4.74 Å². The Bertz CT molecular complexity index is 1300. The molecule has 9 heteroatoms. The first-order valence-corrected chi connectivity index (χ1v) is 14.3. The van der Waals surface area contributed by atoms with Crippen LogP contribution in [0.3, 0.4) is 0 Å². The number of carbonyl (C=O) groups excluding carboxylic acids is 2. The Morgan fingerprint density at radius 1 is 0.921 bits per heavy atom. The van der Waals surface area contributed by atoms with E-state index in [1.165, 1.54) is 12.0 Å². The molecule has 0 aliphatic rings. The Hall–Kier alpha value is -3.85. The number of nitrogens with one attached hydrogen (secondary N) is 1. The summed E-state index contributed by atoms with van der Waals surface area (Å²) in [6, 6.07) is 24.5. The lowest BCUT2D eigenvalue weighted by atomic mass is 10.0. The summed E-state index contributed by atoms with van der Waals surface area (Å²) < 4.78 is 31.9. The average molecular weight is 538 g/mol. The lowest BCUT2D eigenvalue weighted by Crippen LogP contribution is -2.53. The zero-order valence-corrected chi connectivity index (χ0v) is 22.9. The molecule has 0 aliphatic heterocycles. The maximum atomic E-state index is 14.0. The van der Waals surface area contributed by atoms with Crippen molar-refractivity contribution >= 4 is 27.5 Å². The van der Waals surface area contributed by atoms with E-state index in [1.807, 2.05) is 67.6 Å². The maximum Gasteiger partial charge on any atom is 0.244 e. The zero-order valence-electron chi connectivity index (χ0n) is 22.0. The first kappa shape index (κ1) is 28.7. The van der Waals surface area contributed by atoms with Gasteiger partial charge in [-0.3, -0.25) is 13.9 Å². The fourth-order valence-electron chi connectivity index (χ4n) is 4.08. The van der Waals surface area contributed by atoms with Crippen LogP contribution in [-0.4, -0.2) is 57.6 Å². The molecule has 38 heavy (non-hydrogen) atoms. The van der Waals surface area contributed by atoms with Gasteiger partial charge in [-0.05, 0) is 29.7 Å². The third-order valence-electron chi connectivity index (χ3n) is 6.04. The molecular weight excluding hydrogens is 502 g/mol. The maximum absolute atomic E-state index is 14.0. The molecule has 0 fully saturated rings. The van der Waals surface area contributed by atoms with E-state index in [9.17, 15) is 18.0 Å². The van der Waals surface area contributed by atoms with Crippen molar-refractivity contribution < 1.29 is 22.7 Å². The molecule has 1 N–H and O–H groups in total. The van der Waals surface area contributed by atoms with Crippen LogP contribution in [0.1, 0.15) is 24.5 Å². The van der Waals surface area contributed by atoms with Crippen molar-refractivity contribution in [3.63, 3.8) is 0 Å². The van der Waals surface area contributed by atoms with Crippen molar-refractivity contribution in [1.82, 2.24) is 10.2 Å². The van der Waals surface area contributed by atoms with Crippen LogP contribution in [0.4, 0.5) is 5.69 Å². The van der Waals surface area contributed by atoms with Crippen LogP contribution in [0.25, 0.3) is 0 Å². The Morgan fingerprint density at radius 2 is 1.55 bits per heavy atom. The van der Waals surface area contributed by atoms with Crippen LogP contribution >= 0.6 is 0 Å². The van der Waals surface area contributed by atoms with E-state index < -0.39 is 28.5 Å². The molecular formula is C29H35N3O5S. The van der Waals surface area contributed by atoms with Crippen molar-refractivity contribution in [2.75, 3.05) is 30.8 Å². The predicted octanol–water partition coefficient (Wildman–Crippen LogP) is 3.63. The summed E-state index contributed by atoms with van der Waals surface area (Å²) in [6.07, 6.45) is 2.08. The van der Waals surface area contributed by atoms with Gasteiger partial charge < -0.3 is 15.0 Å². The molecule has 0 spiro atoms. The number of hydrogen-bond acceptors (Lipinski definition) is 5. The SMILES string of the molecule is CCCNC(=O)[C@@H](Cc1ccccc1)N(Cc1ccccc1)C(=O)CN(c1cccc(OC)c1)S(C)(=O)=O. The Labute approximate surface area is 225 Å². The summed E-state index contributed by atoms with van der Waals surface area (Å²) in [4.78, 5) is 28.9. The molecule has 1 atom stereocenters. The molecule has 0 aliphatic carbocycles. The first-order chi connectivity index (χ1) is 18.2. The highest BCUT2D eigenvalue weighted by atomic mass is 32.2. The molecule has 0 saturated carbocycles. The fourth-order valence-corrected chi connectivity index (χ4v) is 4.92. The number of nitrogens with zero attached hydrogens (tertiary/aromatic N) is 2. The molecule has 3 rings (SSSR count). The van der Waals surface area contributed by atoms with E-state index in [0.29, 0.717) is 18.0 Å². The minimum absolute atomic E-state index is 0.145. The van der Waals surface area contributed by atoms with Gasteiger partial charge in [-0.1, -0.05) is 73.7 Å². The van der Waals surface area contributed by atoms with E-state index in [1.54, 1.807) is 24.3 Å². The number of sulfonamides is 1. The van der Waals surface area contributed by atoms with Crippen molar-refractivity contribution in [3.05, 3.63) is 96.1 Å². The van der Waals surface area contributed by atoms with Gasteiger partial charge in [0.05, 0.1) is 19.1 Å². The second-order valence-electron chi connectivity index (χ2n) is 8.97. The van der Waals surface area contributed by atoms with Crippen LogP contribution in [0.2, 0.25) is 0 Å². The monoisotopic (exact) mass is 537 g/mol. The summed E-state index contributed by atoms with van der Waals surface area (Å²) in [5.74, 6) is -0.312. The fraction of sp³-hybridized carbons (Fsp3) is 0.310. The Balaban J connectivity index is 2.02. The van der Waals surface area contributed by atoms with Gasteiger partial charge in [-0.2, -0.15) is 0 Å². The lowest BCUT2D eigenvalue weighted by molar-refractivity contribution is -0.140. The molecule has 0 saturated heterocycles. The van der Waals surface area contributed by atoms with E-state index >= 15 is 0 Å². The summed E-state index contributed by atoms with van der Waals surface area (Å²) in [5, 5.41) is 2.92. The highest BCUT2D eigenvalue weighted by Crippen LogP contribution is 2.24. The predicted molar refractivity (Wildman–Crippen MR) is 149 cm³/mol. The topological polar surface area (TPSA) is 96.0 Å². The van der Waals surface area contributed by atoms with Gasteiger partial charge in [0.25, 0.3) is 0 Å². The van der Waals surface area contributed by atoms with Crippen LogP contribution in [0.5, 0.6) is 5.75 Å². The van der Waals surface area contributed by atoms with Crippen molar-refractivity contribution in [2.24, 2.45) is 0 Å². The molecule has 2 amide bonds. The molecule has 202 valence electrons. The van der Waals surface area contributed by atoms with Crippen molar-refractivity contribution in [2.45, 2.75) is 32.4 Å². The number of ether oxygens (including phenoxy) is 1. The van der Waals surface area contributed by atoms with Gasteiger partial charge in [-0.15, -0.1) is 0 Å². The lowest BCUT2D eigenvalue weighted by Gasteiger charge is -2.33. The number of hydrogen-bond donors (Lipinski definition) is 1. The quantitative estimate of drug-likeness (QED) is 0.359. The third-order valence-corrected chi connectivity index (χ3v) is 7.18. The number of methoxy groups -OCH3 is 1. The summed E-state index contributed by atoms with van der Waals surface area (Å²) in [5.41, 5.74) is 2.02. The second-order valence-corrected chi connectivity index (χ2v) is 10.9. The molecule has 0 heterocycles. The van der Waals surface area contributed by atoms with Gasteiger partial charge in [0.1, 0.15) is 18.3 Å². The molecule has 3 aromatic rings. The first-order valence-electron chi connectivity index (χ1n) is 12.5. The number of rotatable bonds is 13. The van der Waals surface area contributed by atoms with Gasteiger partial charge in [0.2, 0.25) is 21.8 Å². The summed E-state index contributed by atoms with van der Waals surface area (Å²) in [7, 11) is -2.35. The molecule has 0 bridgehead atoms. The number of amides is 2. The Kier molecular flexibility index (Phi) is 10.3. The standard InChI is InChI=1S/C29H35N3O5S/c1-4-18-30-29(34)27(19-23-12-7-5-8-13-23)31(21-24-14-9-6-10-15-24)28(33)22-32(38(3,35)36)25-16-11-17-26(20-25)37-2/h5-17,20,27H,4,18-19,21-22H2,1-3H3,(H,30,34)/t27-/m1/s1. The molecule has 8 nitrogen and oxygen atoms in total. The van der Waals surface area contributed by atoms with Crippen LogP contribution < -0.4 is 14.4 Å². The molecule has 0 radical (unpaired) electrons. The van der Waals surface area contributed by atoms with Crippen molar-refractivity contribution in [3.8, 4) is 5.75 Å². The molecule has 3 aromatic carbocycles. The zero-order chi connectivity index (χ0) is 27.5. The van der Waals surface area contributed by atoms with Crippen LogP contribution in [0.15, 0.2) is 84.9 Å². The number of anilines is 1. The van der Waals surface area contributed by atoms with E-state index in [-0.39, 0.29) is 18.9 Å². The van der Waals surface area contributed by atoms with Gasteiger partial charge >= 0.3 is 0 Å². The molecule has 0 unspecified atom stereocenters. The number of benzene rings is 3. The summed E-state index contributed by atoms with van der Waals surface area (Å²) >= 11 is 0. The van der Waals surface area contributed by atoms with Crippen LogP contribution in [0, 0.1) is 0 Å². The van der Waals surface area contributed by atoms with Crippen LogP contribution in [-0.2, 0) is 32.6 Å². The highest BCUT2D eigenvalue weighted by Gasteiger charge is 2.33. The normalized spacial score (nSPS) is 11.9. The average Bonchev–Trinajstić information content (AvgIpc) is 2.92. The largest absolute Gasteiger partial charge is 0.497 e. The highest BCUT2D eigenvalue weighted by molar-refractivity contribution is 7.92. The van der Waals surface area contributed by atoms with E-state index in [0.717, 1.165) is 28.1 Å². The Morgan fingerprint density at radius 3 is 2.13 bits per heavy atom. The minimum Gasteiger partial charge on any atom is -0.497 e. The van der Waals surface area contributed by atoms with E-state index in [2.05, 4.69) is 5.32 Å². The van der Waals surface area contributed by atoms with Crippen molar-refractivity contribution in [1.29, 1.82) is 0 Å².